The molecule has 0 atom stereocenters. The molecule has 120 valence electrons. The molecule has 1 rings (SSSR count). The van der Waals surface area contributed by atoms with Crippen molar-refractivity contribution in [2.45, 2.75) is 33.6 Å². The van der Waals surface area contributed by atoms with Gasteiger partial charge < -0.3 is 20.5 Å². The third kappa shape index (κ3) is 6.67. The van der Waals surface area contributed by atoms with Crippen LogP contribution in [0.4, 0.5) is 15.8 Å². The van der Waals surface area contributed by atoms with Gasteiger partial charge in [-0.1, -0.05) is 20.8 Å². The molecule has 1 aromatic carbocycles. The molecule has 0 fully saturated rings. The van der Waals surface area contributed by atoms with Gasteiger partial charge in [0.1, 0.15) is 0 Å². The Morgan fingerprint density at radius 1 is 1.24 bits per heavy atom. The maximum absolute atomic E-state index is 13.7. The number of nitrogens with two attached hydrogens (primary N) is 1. The van der Waals surface area contributed by atoms with Crippen molar-refractivity contribution in [1.29, 1.82) is 0 Å². The normalized spacial score (nSPS) is 10.9. The van der Waals surface area contributed by atoms with Crippen molar-refractivity contribution in [2.24, 2.45) is 5.92 Å². The monoisotopic (exact) mass is 298 g/mol. The maximum atomic E-state index is 13.7. The van der Waals surface area contributed by atoms with Crippen molar-refractivity contribution < 1.29 is 13.9 Å². The van der Waals surface area contributed by atoms with Crippen LogP contribution >= 0.6 is 0 Å². The van der Waals surface area contributed by atoms with Crippen LogP contribution < -0.4 is 15.8 Å². The molecule has 0 heterocycles. The summed E-state index contributed by atoms with van der Waals surface area (Å²) < 4.78 is 24.5. The number of anilines is 2. The smallest absolute Gasteiger partial charge is 0.167 e. The molecular formula is C16H27FN2O2. The molecule has 0 saturated carbocycles. The summed E-state index contributed by atoms with van der Waals surface area (Å²) in [6.45, 7) is 8.76. The molecule has 0 aliphatic heterocycles. The van der Waals surface area contributed by atoms with Gasteiger partial charge >= 0.3 is 0 Å². The van der Waals surface area contributed by atoms with E-state index in [2.05, 4.69) is 19.2 Å². The minimum absolute atomic E-state index is 0.231. The number of rotatable bonds is 10. The average Bonchev–Trinajstić information content (AvgIpc) is 2.43. The second-order valence-corrected chi connectivity index (χ2v) is 5.44. The Hall–Kier alpha value is -1.49. The van der Waals surface area contributed by atoms with Gasteiger partial charge in [-0.25, -0.2) is 4.39 Å². The number of nitrogen functional groups attached to an aromatic ring is 1. The second kappa shape index (κ2) is 9.45. The van der Waals surface area contributed by atoms with Gasteiger partial charge in [-0.15, -0.1) is 0 Å². The number of nitrogens with one attached hydrogen (secondary N) is 1. The molecule has 3 N–H and O–H groups in total. The standard InChI is InChI=1S/C16H27FN2O2/c1-4-7-21-16-11-15(14(18)10-13(16)17)19-6-9-20-8-5-12(2)3/h10-12,19H,4-9,18H2,1-3H3. The van der Waals surface area contributed by atoms with Gasteiger partial charge in [0.05, 0.1) is 24.6 Å². The first-order chi connectivity index (χ1) is 10.0. The molecule has 0 bridgehead atoms. The molecule has 5 heteroatoms. The molecule has 0 saturated heterocycles. The highest BCUT2D eigenvalue weighted by molar-refractivity contribution is 5.68. The lowest BCUT2D eigenvalue weighted by atomic mass is 10.1. The van der Waals surface area contributed by atoms with Crippen molar-refractivity contribution in [1.82, 2.24) is 0 Å². The summed E-state index contributed by atoms with van der Waals surface area (Å²) in [6.07, 6.45) is 1.88. The molecule has 0 aromatic heterocycles. The zero-order chi connectivity index (χ0) is 15.7. The van der Waals surface area contributed by atoms with Crippen LogP contribution in [0, 0.1) is 11.7 Å². The zero-order valence-corrected chi connectivity index (χ0v) is 13.2. The van der Waals surface area contributed by atoms with Crippen molar-refractivity contribution in [3.8, 4) is 5.75 Å². The number of hydrogen-bond acceptors (Lipinski definition) is 4. The Kier molecular flexibility index (Phi) is 7.90. The van der Waals surface area contributed by atoms with Crippen molar-refractivity contribution in [2.75, 3.05) is 37.4 Å². The topological polar surface area (TPSA) is 56.5 Å². The fourth-order valence-corrected chi connectivity index (χ4v) is 1.72. The van der Waals surface area contributed by atoms with Gasteiger partial charge in [0, 0.05) is 25.3 Å². The molecule has 0 aliphatic carbocycles. The zero-order valence-electron chi connectivity index (χ0n) is 13.2. The summed E-state index contributed by atoms with van der Waals surface area (Å²) in [5, 5.41) is 3.15. The molecule has 1 aromatic rings. The van der Waals surface area contributed by atoms with Gasteiger partial charge in [0.2, 0.25) is 0 Å². The number of halogens is 1. The van der Waals surface area contributed by atoms with E-state index in [0.29, 0.717) is 37.1 Å². The van der Waals surface area contributed by atoms with Gasteiger partial charge in [-0.05, 0) is 18.8 Å². The second-order valence-electron chi connectivity index (χ2n) is 5.44. The third-order valence-corrected chi connectivity index (χ3v) is 2.97. The summed E-state index contributed by atoms with van der Waals surface area (Å²) in [5.74, 6) is 0.443. The molecule has 0 aliphatic rings. The van der Waals surface area contributed by atoms with Gasteiger partial charge in [-0.2, -0.15) is 0 Å². The van der Waals surface area contributed by atoms with E-state index in [1.165, 1.54) is 6.07 Å². The van der Waals surface area contributed by atoms with Crippen LogP contribution in [0.25, 0.3) is 0 Å². The molecule has 0 amide bonds. The number of benzene rings is 1. The molecule has 21 heavy (non-hydrogen) atoms. The fourth-order valence-electron chi connectivity index (χ4n) is 1.72. The van der Waals surface area contributed by atoms with E-state index in [0.717, 1.165) is 19.4 Å². The Balaban J connectivity index is 2.43. The van der Waals surface area contributed by atoms with Gasteiger partial charge in [-0.3, -0.25) is 0 Å². The van der Waals surface area contributed by atoms with Crippen LogP contribution in [0.15, 0.2) is 12.1 Å². The highest BCUT2D eigenvalue weighted by Gasteiger charge is 2.08. The highest BCUT2D eigenvalue weighted by Crippen LogP contribution is 2.28. The summed E-state index contributed by atoms with van der Waals surface area (Å²) >= 11 is 0. The van der Waals surface area contributed by atoms with Crippen molar-refractivity contribution in [3.63, 3.8) is 0 Å². The van der Waals surface area contributed by atoms with Crippen LogP contribution in [0.1, 0.15) is 33.6 Å². The minimum atomic E-state index is -0.431. The van der Waals surface area contributed by atoms with E-state index in [9.17, 15) is 4.39 Å². The Morgan fingerprint density at radius 3 is 2.67 bits per heavy atom. The lowest BCUT2D eigenvalue weighted by Gasteiger charge is -2.13. The molecule has 0 unspecified atom stereocenters. The Bertz CT molecular complexity index is 425. The van der Waals surface area contributed by atoms with E-state index >= 15 is 0 Å². The fraction of sp³-hybridized carbons (Fsp3) is 0.625. The first-order valence-electron chi connectivity index (χ1n) is 7.58. The quantitative estimate of drug-likeness (QED) is 0.511. The van der Waals surface area contributed by atoms with Crippen LogP contribution in [0.2, 0.25) is 0 Å². The average molecular weight is 298 g/mol. The lowest BCUT2D eigenvalue weighted by Crippen LogP contribution is -2.12. The minimum Gasteiger partial charge on any atom is -0.490 e. The summed E-state index contributed by atoms with van der Waals surface area (Å²) in [5.41, 5.74) is 6.85. The van der Waals surface area contributed by atoms with E-state index in [-0.39, 0.29) is 5.75 Å². The largest absolute Gasteiger partial charge is 0.490 e. The summed E-state index contributed by atoms with van der Waals surface area (Å²) in [4.78, 5) is 0. The predicted octanol–water partition coefficient (Wildman–Crippen LogP) is 3.67. The molecular weight excluding hydrogens is 271 g/mol. The molecule has 4 nitrogen and oxygen atoms in total. The summed E-state index contributed by atoms with van der Waals surface area (Å²) in [7, 11) is 0. The number of hydrogen-bond donors (Lipinski definition) is 2. The van der Waals surface area contributed by atoms with Crippen LogP contribution in [-0.2, 0) is 4.74 Å². The van der Waals surface area contributed by atoms with Crippen LogP contribution in [0.5, 0.6) is 5.75 Å². The van der Waals surface area contributed by atoms with Crippen LogP contribution in [-0.4, -0.2) is 26.4 Å². The van der Waals surface area contributed by atoms with E-state index in [1.807, 2.05) is 6.92 Å². The Labute approximate surface area is 126 Å². The third-order valence-electron chi connectivity index (χ3n) is 2.97. The van der Waals surface area contributed by atoms with E-state index in [1.54, 1.807) is 6.07 Å². The first kappa shape index (κ1) is 17.6. The lowest BCUT2D eigenvalue weighted by molar-refractivity contribution is 0.132. The van der Waals surface area contributed by atoms with Gasteiger partial charge in [0.25, 0.3) is 0 Å². The first-order valence-corrected chi connectivity index (χ1v) is 7.58. The molecule has 0 radical (unpaired) electrons. The van der Waals surface area contributed by atoms with E-state index < -0.39 is 5.82 Å². The van der Waals surface area contributed by atoms with Crippen LogP contribution in [0.3, 0.4) is 0 Å². The van der Waals surface area contributed by atoms with Crippen molar-refractivity contribution in [3.05, 3.63) is 17.9 Å². The van der Waals surface area contributed by atoms with E-state index in [4.69, 9.17) is 15.2 Å². The summed E-state index contributed by atoms with van der Waals surface area (Å²) in [6, 6.07) is 2.89. The highest BCUT2D eigenvalue weighted by atomic mass is 19.1. The maximum Gasteiger partial charge on any atom is 0.167 e. The van der Waals surface area contributed by atoms with Gasteiger partial charge in [0.15, 0.2) is 11.6 Å². The SMILES string of the molecule is CCCOc1cc(NCCOCCC(C)C)c(N)cc1F. The predicted molar refractivity (Wildman–Crippen MR) is 85.4 cm³/mol. The van der Waals surface area contributed by atoms with Crippen molar-refractivity contribution >= 4 is 11.4 Å². The molecule has 0 spiro atoms. The Morgan fingerprint density at radius 2 is 2.00 bits per heavy atom. The number of ether oxygens (including phenoxy) is 2.